The number of nitro benzene ring substituents is 1. The van der Waals surface area contributed by atoms with Gasteiger partial charge in [0.25, 0.3) is 5.69 Å². The van der Waals surface area contributed by atoms with Gasteiger partial charge in [0, 0.05) is 24.2 Å². The van der Waals surface area contributed by atoms with Gasteiger partial charge in [0.05, 0.1) is 4.92 Å². The van der Waals surface area contributed by atoms with Crippen LogP contribution in [0.4, 0.5) is 11.4 Å². The van der Waals surface area contributed by atoms with Gasteiger partial charge in [-0.2, -0.15) is 0 Å². The Hall–Kier alpha value is -1.95. The predicted molar refractivity (Wildman–Crippen MR) is 81.1 cm³/mol. The summed E-state index contributed by atoms with van der Waals surface area (Å²) in [5.41, 5.74) is 0.464. The molecule has 1 saturated heterocycles. The number of hydrogen-bond donors (Lipinski definition) is 2. The number of rotatable bonds is 5. The summed E-state index contributed by atoms with van der Waals surface area (Å²) in [6.45, 7) is 4.13. The van der Waals surface area contributed by atoms with Crippen LogP contribution in [0.2, 0.25) is 0 Å². The van der Waals surface area contributed by atoms with E-state index in [0.29, 0.717) is 23.9 Å². The van der Waals surface area contributed by atoms with Gasteiger partial charge in [-0.05, 0) is 43.8 Å². The highest BCUT2D eigenvalue weighted by Gasteiger charge is 2.22. The molecule has 1 aromatic rings. The minimum atomic E-state index is -0.465. The molecule has 1 aromatic carbocycles. The van der Waals surface area contributed by atoms with E-state index >= 15 is 0 Å². The Kier molecular flexibility index (Phi) is 5.27. The fourth-order valence-electron chi connectivity index (χ4n) is 2.78. The van der Waals surface area contributed by atoms with E-state index in [1.165, 1.54) is 12.1 Å². The van der Waals surface area contributed by atoms with Crippen molar-refractivity contribution >= 4 is 17.3 Å². The van der Waals surface area contributed by atoms with Crippen molar-refractivity contribution in [2.75, 3.05) is 18.4 Å². The zero-order valence-corrected chi connectivity index (χ0v) is 12.2. The van der Waals surface area contributed by atoms with Crippen LogP contribution < -0.4 is 10.6 Å². The van der Waals surface area contributed by atoms with E-state index < -0.39 is 4.92 Å². The molecule has 1 atom stereocenters. The summed E-state index contributed by atoms with van der Waals surface area (Å²) < 4.78 is 0. The van der Waals surface area contributed by atoms with Crippen LogP contribution in [0.5, 0.6) is 0 Å². The molecule has 2 rings (SSSR count). The monoisotopic (exact) mass is 291 g/mol. The normalized spacial score (nSPS) is 17.2. The van der Waals surface area contributed by atoms with Gasteiger partial charge < -0.3 is 10.6 Å². The van der Waals surface area contributed by atoms with Crippen LogP contribution >= 0.6 is 0 Å². The smallest absolute Gasteiger partial charge is 0.271 e. The van der Waals surface area contributed by atoms with E-state index in [4.69, 9.17) is 0 Å². The second kappa shape index (κ2) is 7.17. The fourth-order valence-corrected chi connectivity index (χ4v) is 2.78. The number of hydrogen-bond acceptors (Lipinski definition) is 4. The standard InChI is InChI=1S/C15H21N3O3/c1-11(12-5-7-16-8-6-12)9-15(19)17-13-3-2-4-14(10-13)18(20)21/h2-4,10-12,16H,5-9H2,1H3,(H,17,19). The Labute approximate surface area is 124 Å². The summed E-state index contributed by atoms with van der Waals surface area (Å²) in [5, 5.41) is 16.8. The van der Waals surface area contributed by atoms with Crippen molar-refractivity contribution in [3.05, 3.63) is 34.4 Å². The largest absolute Gasteiger partial charge is 0.326 e. The Bertz CT molecular complexity index is 513. The summed E-state index contributed by atoms with van der Waals surface area (Å²) in [6.07, 6.45) is 2.66. The number of nitro groups is 1. The summed E-state index contributed by atoms with van der Waals surface area (Å²) >= 11 is 0. The lowest BCUT2D eigenvalue weighted by Crippen LogP contribution is -2.32. The quantitative estimate of drug-likeness (QED) is 0.645. The molecule has 0 radical (unpaired) electrons. The van der Waals surface area contributed by atoms with Crippen molar-refractivity contribution in [1.82, 2.24) is 5.32 Å². The van der Waals surface area contributed by atoms with Crippen molar-refractivity contribution in [1.29, 1.82) is 0 Å². The number of carbonyl (C=O) groups excluding carboxylic acids is 1. The van der Waals surface area contributed by atoms with E-state index in [1.807, 2.05) is 0 Å². The van der Waals surface area contributed by atoms with E-state index in [2.05, 4.69) is 17.6 Å². The highest BCUT2D eigenvalue weighted by molar-refractivity contribution is 5.91. The second-order valence-corrected chi connectivity index (χ2v) is 5.62. The first kappa shape index (κ1) is 15.4. The first-order valence-electron chi connectivity index (χ1n) is 7.31. The lowest BCUT2D eigenvalue weighted by molar-refractivity contribution is -0.384. The van der Waals surface area contributed by atoms with Gasteiger partial charge in [-0.25, -0.2) is 0 Å². The van der Waals surface area contributed by atoms with Gasteiger partial charge in [-0.15, -0.1) is 0 Å². The average Bonchev–Trinajstić information content (AvgIpc) is 2.48. The van der Waals surface area contributed by atoms with Gasteiger partial charge in [0.2, 0.25) is 5.91 Å². The molecule has 2 N–H and O–H groups in total. The van der Waals surface area contributed by atoms with Crippen LogP contribution in [0.25, 0.3) is 0 Å². The van der Waals surface area contributed by atoms with Crippen molar-refractivity contribution in [2.45, 2.75) is 26.2 Å². The Balaban J connectivity index is 1.89. The maximum atomic E-state index is 12.1. The molecule has 6 heteroatoms. The van der Waals surface area contributed by atoms with Gasteiger partial charge in [-0.3, -0.25) is 14.9 Å². The van der Waals surface area contributed by atoms with Gasteiger partial charge >= 0.3 is 0 Å². The summed E-state index contributed by atoms with van der Waals surface area (Å²) in [7, 11) is 0. The number of anilines is 1. The fraction of sp³-hybridized carbons (Fsp3) is 0.533. The number of non-ortho nitro benzene ring substituents is 1. The number of benzene rings is 1. The molecule has 1 aliphatic rings. The van der Waals surface area contributed by atoms with Crippen LogP contribution in [0.15, 0.2) is 24.3 Å². The Morgan fingerprint density at radius 2 is 2.19 bits per heavy atom. The third kappa shape index (κ3) is 4.53. The highest BCUT2D eigenvalue weighted by Crippen LogP contribution is 2.25. The predicted octanol–water partition coefficient (Wildman–Crippen LogP) is 2.56. The van der Waals surface area contributed by atoms with Gasteiger partial charge in [0.15, 0.2) is 0 Å². The lowest BCUT2D eigenvalue weighted by atomic mass is 9.84. The van der Waals surface area contributed by atoms with Crippen LogP contribution in [0, 0.1) is 22.0 Å². The third-order valence-electron chi connectivity index (χ3n) is 4.04. The molecule has 0 aliphatic carbocycles. The Morgan fingerprint density at radius 3 is 2.86 bits per heavy atom. The first-order valence-corrected chi connectivity index (χ1v) is 7.31. The molecule has 114 valence electrons. The molecule has 0 bridgehead atoms. The maximum Gasteiger partial charge on any atom is 0.271 e. The van der Waals surface area contributed by atoms with E-state index in [0.717, 1.165) is 25.9 Å². The second-order valence-electron chi connectivity index (χ2n) is 5.62. The lowest BCUT2D eigenvalue weighted by Gasteiger charge is -2.27. The Morgan fingerprint density at radius 1 is 1.48 bits per heavy atom. The van der Waals surface area contributed by atoms with Crippen LogP contribution in [-0.2, 0) is 4.79 Å². The zero-order chi connectivity index (χ0) is 15.2. The molecule has 21 heavy (non-hydrogen) atoms. The summed E-state index contributed by atoms with van der Waals surface area (Å²) in [6, 6.07) is 6.03. The molecule has 6 nitrogen and oxygen atoms in total. The van der Waals surface area contributed by atoms with Crippen molar-refractivity contribution < 1.29 is 9.72 Å². The molecule has 1 unspecified atom stereocenters. The van der Waals surface area contributed by atoms with Crippen LogP contribution in [-0.4, -0.2) is 23.9 Å². The summed E-state index contributed by atoms with van der Waals surface area (Å²) in [4.78, 5) is 22.3. The molecule has 0 saturated carbocycles. The van der Waals surface area contributed by atoms with Crippen LogP contribution in [0.1, 0.15) is 26.2 Å². The SMILES string of the molecule is CC(CC(=O)Nc1cccc([N+](=O)[O-])c1)C1CCNCC1. The molecule has 1 fully saturated rings. The van der Waals surface area contributed by atoms with Crippen molar-refractivity contribution in [3.63, 3.8) is 0 Å². The molecule has 1 aliphatic heterocycles. The minimum absolute atomic E-state index is 0.0146. The maximum absolute atomic E-state index is 12.1. The third-order valence-corrected chi connectivity index (χ3v) is 4.04. The minimum Gasteiger partial charge on any atom is -0.326 e. The topological polar surface area (TPSA) is 84.3 Å². The van der Waals surface area contributed by atoms with E-state index in [9.17, 15) is 14.9 Å². The number of nitrogens with one attached hydrogen (secondary N) is 2. The highest BCUT2D eigenvalue weighted by atomic mass is 16.6. The van der Waals surface area contributed by atoms with E-state index in [-0.39, 0.29) is 11.6 Å². The number of nitrogens with zero attached hydrogens (tertiary/aromatic N) is 1. The zero-order valence-electron chi connectivity index (χ0n) is 12.2. The van der Waals surface area contributed by atoms with E-state index in [1.54, 1.807) is 12.1 Å². The average molecular weight is 291 g/mol. The van der Waals surface area contributed by atoms with Gasteiger partial charge in [-0.1, -0.05) is 13.0 Å². The number of amides is 1. The molecule has 1 amide bonds. The molecule has 0 aromatic heterocycles. The first-order chi connectivity index (χ1) is 10.1. The number of carbonyl (C=O) groups is 1. The molecular formula is C15H21N3O3. The van der Waals surface area contributed by atoms with Gasteiger partial charge in [0.1, 0.15) is 0 Å². The molecule has 1 heterocycles. The number of piperidine rings is 1. The van der Waals surface area contributed by atoms with Crippen molar-refractivity contribution in [2.24, 2.45) is 11.8 Å². The molecule has 0 spiro atoms. The molecular weight excluding hydrogens is 270 g/mol. The summed E-state index contributed by atoms with van der Waals surface area (Å²) in [5.74, 6) is 0.814. The van der Waals surface area contributed by atoms with Crippen molar-refractivity contribution in [3.8, 4) is 0 Å². The van der Waals surface area contributed by atoms with Crippen LogP contribution in [0.3, 0.4) is 0 Å².